The molecule has 1 aliphatic rings. The van der Waals surface area contributed by atoms with Gasteiger partial charge in [-0.05, 0) is 19.2 Å². The van der Waals surface area contributed by atoms with E-state index in [1.807, 2.05) is 0 Å². The van der Waals surface area contributed by atoms with Gasteiger partial charge >= 0.3 is 0 Å². The summed E-state index contributed by atoms with van der Waals surface area (Å²) in [6.45, 7) is 0.655. The first-order chi connectivity index (χ1) is 8.63. The molecule has 1 saturated heterocycles. The number of amides is 1. The van der Waals surface area contributed by atoms with Gasteiger partial charge in [-0.25, -0.2) is 8.78 Å². The molecule has 2 rings (SSSR count). The minimum atomic E-state index is -0.789. The zero-order valence-corrected chi connectivity index (χ0v) is 9.87. The minimum Gasteiger partial charge on any atom is -0.379 e. The van der Waals surface area contributed by atoms with Crippen molar-refractivity contribution in [1.29, 1.82) is 0 Å². The first-order valence-corrected chi connectivity index (χ1v) is 5.63. The molecule has 0 aromatic heterocycles. The molecule has 1 aromatic rings. The quantitative estimate of drug-likeness (QED) is 0.852. The van der Waals surface area contributed by atoms with Gasteiger partial charge in [-0.15, -0.1) is 0 Å². The second-order valence-corrected chi connectivity index (χ2v) is 4.13. The van der Waals surface area contributed by atoms with E-state index in [-0.39, 0.29) is 12.6 Å². The van der Waals surface area contributed by atoms with Crippen molar-refractivity contribution in [2.45, 2.75) is 6.04 Å². The molecule has 1 heterocycles. The minimum absolute atomic E-state index is 0.139. The zero-order chi connectivity index (χ0) is 13.1. The number of ether oxygens (including phenoxy) is 1. The second-order valence-electron chi connectivity index (χ2n) is 4.13. The molecule has 6 heteroatoms. The number of carbonyl (C=O) groups is 1. The van der Waals surface area contributed by atoms with Gasteiger partial charge in [-0.3, -0.25) is 4.79 Å². The van der Waals surface area contributed by atoms with Crippen LogP contribution in [0.15, 0.2) is 18.2 Å². The zero-order valence-electron chi connectivity index (χ0n) is 9.87. The first-order valence-electron chi connectivity index (χ1n) is 5.63. The van der Waals surface area contributed by atoms with Crippen LogP contribution in [0.5, 0.6) is 0 Å². The van der Waals surface area contributed by atoms with E-state index in [0.717, 1.165) is 12.1 Å². The fourth-order valence-corrected chi connectivity index (χ4v) is 1.93. The number of para-hydroxylation sites is 1. The number of halogens is 2. The number of hydrogen-bond acceptors (Lipinski definition) is 3. The number of nitrogens with one attached hydrogen (secondary N) is 2. The lowest BCUT2D eigenvalue weighted by molar-refractivity contribution is -0.120. The Labute approximate surface area is 103 Å². The molecule has 0 radical (unpaired) electrons. The predicted octanol–water partition coefficient (Wildman–Crippen LogP) is 1.14. The smallest absolute Gasteiger partial charge is 0.231 e. The summed E-state index contributed by atoms with van der Waals surface area (Å²) in [5.74, 6) is -2.48. The van der Waals surface area contributed by atoms with Crippen LogP contribution in [0.1, 0.15) is 0 Å². The normalized spacial score (nSPS) is 23.1. The van der Waals surface area contributed by atoms with E-state index in [2.05, 4.69) is 10.6 Å². The Bertz CT molecular complexity index is 433. The Morgan fingerprint density at radius 2 is 2.00 bits per heavy atom. The molecule has 0 bridgehead atoms. The van der Waals surface area contributed by atoms with Gasteiger partial charge in [-0.1, -0.05) is 6.07 Å². The van der Waals surface area contributed by atoms with Crippen LogP contribution in [-0.2, 0) is 9.53 Å². The summed E-state index contributed by atoms with van der Waals surface area (Å²) in [4.78, 5) is 11.9. The van der Waals surface area contributed by atoms with Gasteiger partial charge in [0.15, 0.2) is 0 Å². The molecular weight excluding hydrogens is 242 g/mol. The fraction of sp³-hybridized carbons (Fsp3) is 0.417. The Morgan fingerprint density at radius 1 is 1.33 bits per heavy atom. The number of rotatable bonds is 3. The largest absolute Gasteiger partial charge is 0.379 e. The van der Waals surface area contributed by atoms with Crippen molar-refractivity contribution in [3.05, 3.63) is 29.8 Å². The molecule has 2 unspecified atom stereocenters. The van der Waals surface area contributed by atoms with E-state index >= 15 is 0 Å². The molecule has 1 amide bonds. The standard InChI is InChI=1S/C12H14F2N2O2/c1-15-10-6-18-5-7(10)12(17)16-11-8(13)3-2-4-9(11)14/h2-4,7,10,15H,5-6H2,1H3,(H,16,17). The maximum Gasteiger partial charge on any atom is 0.231 e. The van der Waals surface area contributed by atoms with Crippen molar-refractivity contribution >= 4 is 11.6 Å². The summed E-state index contributed by atoms with van der Waals surface area (Å²) in [5.41, 5.74) is -0.413. The first kappa shape index (κ1) is 12.9. The maximum absolute atomic E-state index is 13.4. The average Bonchev–Trinajstić information content (AvgIpc) is 2.82. The summed E-state index contributed by atoms with van der Waals surface area (Å²) in [6.07, 6.45) is 0. The molecular formula is C12H14F2N2O2. The van der Waals surface area contributed by atoms with Crippen molar-refractivity contribution in [2.24, 2.45) is 5.92 Å². The molecule has 2 N–H and O–H groups in total. The van der Waals surface area contributed by atoms with Crippen LogP contribution in [0.25, 0.3) is 0 Å². The Hall–Kier alpha value is -1.53. The monoisotopic (exact) mass is 256 g/mol. The molecule has 1 fully saturated rings. The molecule has 4 nitrogen and oxygen atoms in total. The molecule has 1 aromatic carbocycles. The highest BCUT2D eigenvalue weighted by molar-refractivity contribution is 5.93. The van der Waals surface area contributed by atoms with E-state index < -0.39 is 29.1 Å². The molecule has 0 spiro atoms. The van der Waals surface area contributed by atoms with Gasteiger partial charge < -0.3 is 15.4 Å². The van der Waals surface area contributed by atoms with Gasteiger partial charge in [0.1, 0.15) is 17.3 Å². The highest BCUT2D eigenvalue weighted by Crippen LogP contribution is 2.21. The number of likely N-dealkylation sites (N-methyl/N-ethyl adjacent to an activating group) is 1. The van der Waals surface area contributed by atoms with Crippen LogP contribution in [0.2, 0.25) is 0 Å². The van der Waals surface area contributed by atoms with Crippen LogP contribution in [0, 0.1) is 17.6 Å². The predicted molar refractivity (Wildman–Crippen MR) is 62.1 cm³/mol. The van der Waals surface area contributed by atoms with Crippen LogP contribution in [-0.4, -0.2) is 32.2 Å². The van der Waals surface area contributed by atoms with Gasteiger partial charge in [-0.2, -0.15) is 0 Å². The van der Waals surface area contributed by atoms with E-state index in [9.17, 15) is 13.6 Å². The van der Waals surface area contributed by atoms with Crippen LogP contribution in [0.3, 0.4) is 0 Å². The topological polar surface area (TPSA) is 50.4 Å². The Morgan fingerprint density at radius 3 is 2.61 bits per heavy atom. The highest BCUT2D eigenvalue weighted by Gasteiger charge is 2.33. The molecule has 0 aliphatic carbocycles. The van der Waals surface area contributed by atoms with Crippen molar-refractivity contribution < 1.29 is 18.3 Å². The Balaban J connectivity index is 2.12. The van der Waals surface area contributed by atoms with Crippen molar-refractivity contribution in [3.8, 4) is 0 Å². The van der Waals surface area contributed by atoms with Crippen LogP contribution in [0.4, 0.5) is 14.5 Å². The van der Waals surface area contributed by atoms with Crippen molar-refractivity contribution in [3.63, 3.8) is 0 Å². The van der Waals surface area contributed by atoms with E-state index in [1.165, 1.54) is 6.07 Å². The lowest BCUT2D eigenvalue weighted by Gasteiger charge is -2.16. The van der Waals surface area contributed by atoms with Crippen molar-refractivity contribution in [2.75, 3.05) is 25.6 Å². The van der Waals surface area contributed by atoms with Crippen LogP contribution < -0.4 is 10.6 Å². The molecule has 98 valence electrons. The molecule has 18 heavy (non-hydrogen) atoms. The maximum atomic E-state index is 13.4. The SMILES string of the molecule is CNC1COCC1C(=O)Nc1c(F)cccc1F. The highest BCUT2D eigenvalue weighted by atomic mass is 19.1. The lowest BCUT2D eigenvalue weighted by atomic mass is 10.0. The summed E-state index contributed by atoms with van der Waals surface area (Å²) >= 11 is 0. The van der Waals surface area contributed by atoms with Gasteiger partial charge in [0.05, 0.1) is 19.1 Å². The Kier molecular flexibility index (Phi) is 3.88. The number of carbonyl (C=O) groups excluding carboxylic acids is 1. The van der Waals surface area contributed by atoms with Crippen LogP contribution >= 0.6 is 0 Å². The van der Waals surface area contributed by atoms with E-state index in [1.54, 1.807) is 7.05 Å². The third-order valence-electron chi connectivity index (χ3n) is 3.00. The number of benzene rings is 1. The number of hydrogen-bond donors (Lipinski definition) is 2. The summed E-state index contributed by atoms with van der Waals surface area (Å²) in [5, 5.41) is 5.21. The third-order valence-corrected chi connectivity index (χ3v) is 3.00. The van der Waals surface area contributed by atoms with E-state index in [4.69, 9.17) is 4.74 Å². The fourth-order valence-electron chi connectivity index (χ4n) is 1.93. The van der Waals surface area contributed by atoms with Crippen molar-refractivity contribution in [1.82, 2.24) is 5.32 Å². The third kappa shape index (κ3) is 2.49. The lowest BCUT2D eigenvalue weighted by Crippen LogP contribution is -2.39. The second kappa shape index (κ2) is 5.41. The molecule has 2 atom stereocenters. The average molecular weight is 256 g/mol. The van der Waals surface area contributed by atoms with Gasteiger partial charge in [0.2, 0.25) is 5.91 Å². The summed E-state index contributed by atoms with van der Waals surface area (Å²) in [6, 6.07) is 3.30. The summed E-state index contributed by atoms with van der Waals surface area (Å²) in [7, 11) is 1.71. The summed E-state index contributed by atoms with van der Waals surface area (Å²) < 4.78 is 31.9. The molecule has 1 aliphatic heterocycles. The molecule has 0 saturated carbocycles. The van der Waals surface area contributed by atoms with E-state index in [0.29, 0.717) is 6.61 Å². The van der Waals surface area contributed by atoms with Gasteiger partial charge in [0, 0.05) is 6.04 Å². The van der Waals surface area contributed by atoms with Gasteiger partial charge in [0.25, 0.3) is 0 Å². The number of anilines is 1.